The average Bonchev–Trinajstić information content (AvgIpc) is 2.45. The van der Waals surface area contributed by atoms with Gasteiger partial charge in [0.15, 0.2) is 0 Å². The number of amides is 1. The number of unbranched alkanes of at least 4 members (excludes halogenated alkanes) is 1. The summed E-state index contributed by atoms with van der Waals surface area (Å²) in [5, 5.41) is 0. The van der Waals surface area contributed by atoms with Gasteiger partial charge in [-0.05, 0) is 50.8 Å². The van der Waals surface area contributed by atoms with Crippen LogP contribution in [0, 0.1) is 5.82 Å². The Morgan fingerprint density at radius 2 is 1.81 bits per heavy atom. The third-order valence-electron chi connectivity index (χ3n) is 3.98. The van der Waals surface area contributed by atoms with Gasteiger partial charge in [-0.3, -0.25) is 4.79 Å². The minimum atomic E-state index is -0.204. The molecule has 0 spiro atoms. The van der Waals surface area contributed by atoms with E-state index in [9.17, 15) is 9.18 Å². The van der Waals surface area contributed by atoms with Crippen molar-refractivity contribution in [2.24, 2.45) is 0 Å². The lowest BCUT2D eigenvalue weighted by Crippen LogP contribution is -2.52. The van der Waals surface area contributed by atoms with Crippen molar-refractivity contribution in [1.82, 2.24) is 4.90 Å². The topological polar surface area (TPSA) is 29.5 Å². The highest BCUT2D eigenvalue weighted by Crippen LogP contribution is 2.16. The van der Waals surface area contributed by atoms with Gasteiger partial charge in [0.25, 0.3) is 0 Å². The predicted molar refractivity (Wildman–Crippen MR) is 80.5 cm³/mol. The molecule has 0 saturated carbocycles. The van der Waals surface area contributed by atoms with Crippen molar-refractivity contribution in [2.45, 2.75) is 51.6 Å². The fourth-order valence-corrected chi connectivity index (χ4v) is 2.88. The number of ether oxygens (including phenoxy) is 1. The number of nitrogens with zero attached hydrogens (tertiary/aromatic N) is 1. The van der Waals surface area contributed by atoms with E-state index in [-0.39, 0.29) is 23.8 Å². The molecule has 1 aliphatic heterocycles. The van der Waals surface area contributed by atoms with Crippen LogP contribution in [-0.4, -0.2) is 36.1 Å². The molecule has 0 N–H and O–H groups in total. The molecule has 2 atom stereocenters. The van der Waals surface area contributed by atoms with Gasteiger partial charge in [-0.1, -0.05) is 12.1 Å². The second kappa shape index (κ2) is 7.55. The van der Waals surface area contributed by atoms with Crippen LogP contribution in [0.25, 0.3) is 0 Å². The Bertz CT molecular complexity index is 450. The Hall–Kier alpha value is -1.42. The summed E-state index contributed by atoms with van der Waals surface area (Å²) in [6, 6.07) is 6.92. The van der Waals surface area contributed by atoms with E-state index in [1.165, 1.54) is 12.1 Å². The van der Waals surface area contributed by atoms with Crippen LogP contribution in [0.15, 0.2) is 24.3 Å². The zero-order valence-corrected chi connectivity index (χ0v) is 12.8. The Morgan fingerprint density at radius 3 is 2.43 bits per heavy atom. The van der Waals surface area contributed by atoms with E-state index < -0.39 is 0 Å². The van der Waals surface area contributed by atoms with Gasteiger partial charge in [-0.25, -0.2) is 4.39 Å². The number of carbonyl (C=O) groups is 1. The highest BCUT2D eigenvalue weighted by atomic mass is 19.1. The van der Waals surface area contributed by atoms with E-state index in [2.05, 4.69) is 0 Å². The van der Waals surface area contributed by atoms with E-state index in [1.807, 2.05) is 30.9 Å². The third-order valence-corrected chi connectivity index (χ3v) is 3.98. The minimum absolute atomic E-state index is 0.165. The third kappa shape index (κ3) is 4.53. The second-order valence-electron chi connectivity index (χ2n) is 5.87. The summed E-state index contributed by atoms with van der Waals surface area (Å²) in [6.45, 7) is 5.33. The molecule has 116 valence electrons. The van der Waals surface area contributed by atoms with Crippen LogP contribution in [0.1, 0.15) is 38.7 Å². The monoisotopic (exact) mass is 293 g/mol. The van der Waals surface area contributed by atoms with E-state index in [4.69, 9.17) is 4.74 Å². The van der Waals surface area contributed by atoms with Crippen molar-refractivity contribution in [2.75, 3.05) is 13.2 Å². The molecule has 2 unspecified atom stereocenters. The Labute approximate surface area is 126 Å². The minimum Gasteiger partial charge on any atom is -0.377 e. The summed E-state index contributed by atoms with van der Waals surface area (Å²) in [6.07, 6.45) is 3.29. The van der Waals surface area contributed by atoms with Crippen molar-refractivity contribution < 1.29 is 13.9 Å². The standard InChI is InChI=1S/C17H24FNO2/c1-13-11-21-12-14(2)19(13)17(20)6-4-3-5-15-7-9-16(18)10-8-15/h7-10,13-14H,3-6,11-12H2,1-2H3. The van der Waals surface area contributed by atoms with Crippen LogP contribution in [0.4, 0.5) is 4.39 Å². The van der Waals surface area contributed by atoms with E-state index in [1.54, 1.807) is 0 Å². The quantitative estimate of drug-likeness (QED) is 0.780. The molecule has 1 fully saturated rings. The molecule has 1 aromatic carbocycles. The summed E-state index contributed by atoms with van der Waals surface area (Å²) in [5.41, 5.74) is 1.12. The first-order valence-corrected chi connectivity index (χ1v) is 7.71. The average molecular weight is 293 g/mol. The van der Waals surface area contributed by atoms with Gasteiger partial charge in [0.2, 0.25) is 5.91 Å². The van der Waals surface area contributed by atoms with Crippen LogP contribution in [-0.2, 0) is 16.0 Å². The van der Waals surface area contributed by atoms with Crippen molar-refractivity contribution >= 4 is 5.91 Å². The zero-order valence-electron chi connectivity index (χ0n) is 12.8. The van der Waals surface area contributed by atoms with Gasteiger partial charge in [0, 0.05) is 6.42 Å². The van der Waals surface area contributed by atoms with Gasteiger partial charge in [0.05, 0.1) is 25.3 Å². The summed E-state index contributed by atoms with van der Waals surface area (Å²) >= 11 is 0. The highest BCUT2D eigenvalue weighted by Gasteiger charge is 2.28. The summed E-state index contributed by atoms with van der Waals surface area (Å²) in [7, 11) is 0. The van der Waals surface area contributed by atoms with Crippen LogP contribution >= 0.6 is 0 Å². The molecule has 0 aromatic heterocycles. The molecule has 1 aliphatic rings. The Morgan fingerprint density at radius 1 is 1.19 bits per heavy atom. The van der Waals surface area contributed by atoms with Crippen LogP contribution < -0.4 is 0 Å². The molecule has 4 heteroatoms. The molecule has 1 amide bonds. The maximum absolute atomic E-state index is 12.8. The number of halogens is 1. The second-order valence-corrected chi connectivity index (χ2v) is 5.87. The number of aryl methyl sites for hydroxylation is 1. The van der Waals surface area contributed by atoms with Gasteiger partial charge >= 0.3 is 0 Å². The summed E-state index contributed by atoms with van der Waals surface area (Å²) in [4.78, 5) is 14.3. The van der Waals surface area contributed by atoms with E-state index in [0.29, 0.717) is 19.6 Å². The van der Waals surface area contributed by atoms with Gasteiger partial charge in [-0.15, -0.1) is 0 Å². The Kier molecular flexibility index (Phi) is 5.74. The van der Waals surface area contributed by atoms with Crippen molar-refractivity contribution in [3.63, 3.8) is 0 Å². The first-order valence-electron chi connectivity index (χ1n) is 7.71. The van der Waals surface area contributed by atoms with E-state index in [0.717, 1.165) is 24.8 Å². The van der Waals surface area contributed by atoms with E-state index >= 15 is 0 Å². The summed E-state index contributed by atoms with van der Waals surface area (Å²) < 4.78 is 18.2. The normalized spacial score (nSPS) is 22.3. The molecule has 2 rings (SSSR count). The lowest BCUT2D eigenvalue weighted by molar-refractivity contribution is -0.144. The molecular weight excluding hydrogens is 269 g/mol. The maximum Gasteiger partial charge on any atom is 0.223 e. The molecule has 3 nitrogen and oxygen atoms in total. The Balaban J connectivity index is 1.72. The van der Waals surface area contributed by atoms with Crippen LogP contribution in [0.3, 0.4) is 0 Å². The largest absolute Gasteiger partial charge is 0.377 e. The zero-order chi connectivity index (χ0) is 15.2. The molecule has 1 heterocycles. The van der Waals surface area contributed by atoms with Crippen LogP contribution in [0.2, 0.25) is 0 Å². The number of benzene rings is 1. The SMILES string of the molecule is CC1COCC(C)N1C(=O)CCCCc1ccc(F)cc1. The smallest absolute Gasteiger partial charge is 0.223 e. The number of rotatable bonds is 5. The van der Waals surface area contributed by atoms with Crippen molar-refractivity contribution in [3.05, 3.63) is 35.6 Å². The molecular formula is C17H24FNO2. The fourth-order valence-electron chi connectivity index (χ4n) is 2.88. The molecule has 0 bridgehead atoms. The first-order chi connectivity index (χ1) is 10.1. The molecule has 1 aromatic rings. The van der Waals surface area contributed by atoms with Gasteiger partial charge in [0.1, 0.15) is 5.82 Å². The van der Waals surface area contributed by atoms with Crippen molar-refractivity contribution in [1.29, 1.82) is 0 Å². The predicted octanol–water partition coefficient (Wildman–Crippen LogP) is 3.17. The van der Waals surface area contributed by atoms with Crippen LogP contribution in [0.5, 0.6) is 0 Å². The molecule has 0 radical (unpaired) electrons. The first kappa shape index (κ1) is 16.0. The summed E-state index contributed by atoms with van der Waals surface area (Å²) in [5.74, 6) is 0.0154. The molecule has 21 heavy (non-hydrogen) atoms. The highest BCUT2D eigenvalue weighted by molar-refractivity contribution is 5.76. The molecule has 1 saturated heterocycles. The van der Waals surface area contributed by atoms with Crippen molar-refractivity contribution in [3.8, 4) is 0 Å². The molecule has 0 aliphatic carbocycles. The maximum atomic E-state index is 12.8. The lowest BCUT2D eigenvalue weighted by Gasteiger charge is -2.38. The lowest BCUT2D eigenvalue weighted by atomic mass is 10.1. The number of carbonyl (C=O) groups excluding carboxylic acids is 1. The fraction of sp³-hybridized carbons (Fsp3) is 0.588. The number of hydrogen-bond donors (Lipinski definition) is 0. The number of morpholine rings is 1. The van der Waals surface area contributed by atoms with Gasteiger partial charge in [-0.2, -0.15) is 0 Å². The van der Waals surface area contributed by atoms with Gasteiger partial charge < -0.3 is 9.64 Å². The number of hydrogen-bond acceptors (Lipinski definition) is 2.